The zero-order valence-electron chi connectivity index (χ0n) is 10.9. The summed E-state index contributed by atoms with van der Waals surface area (Å²) >= 11 is 0. The van der Waals surface area contributed by atoms with Crippen molar-refractivity contribution in [2.24, 2.45) is 0 Å². The van der Waals surface area contributed by atoms with Gasteiger partial charge in [-0.1, -0.05) is 42.5 Å². The number of nitrogens with one attached hydrogen (secondary N) is 1. The van der Waals surface area contributed by atoms with Crippen LogP contribution < -0.4 is 5.32 Å². The molecule has 2 rings (SSSR count). The summed E-state index contributed by atoms with van der Waals surface area (Å²) in [4.78, 5) is 0. The summed E-state index contributed by atoms with van der Waals surface area (Å²) in [7, 11) is 1.85. The van der Waals surface area contributed by atoms with Crippen LogP contribution in [0.25, 0.3) is 0 Å². The summed E-state index contributed by atoms with van der Waals surface area (Å²) in [6.07, 6.45) is 0. The SMILES string of the molecule is CNC(c1ccc(F)cc1)[C@@H](CO)c1ccccc1. The first kappa shape index (κ1) is 13.7. The van der Waals surface area contributed by atoms with Gasteiger partial charge in [-0.15, -0.1) is 0 Å². The third-order valence-corrected chi connectivity index (χ3v) is 3.37. The molecule has 0 aromatic heterocycles. The Balaban J connectivity index is 2.31. The van der Waals surface area contributed by atoms with Crippen molar-refractivity contribution in [3.8, 4) is 0 Å². The Morgan fingerprint density at radius 3 is 2.16 bits per heavy atom. The Labute approximate surface area is 112 Å². The van der Waals surface area contributed by atoms with Crippen molar-refractivity contribution >= 4 is 0 Å². The molecule has 2 nitrogen and oxygen atoms in total. The van der Waals surface area contributed by atoms with E-state index < -0.39 is 0 Å². The van der Waals surface area contributed by atoms with E-state index in [9.17, 15) is 9.50 Å². The van der Waals surface area contributed by atoms with Crippen molar-refractivity contribution in [3.05, 3.63) is 71.5 Å². The van der Waals surface area contributed by atoms with Crippen molar-refractivity contribution in [3.63, 3.8) is 0 Å². The van der Waals surface area contributed by atoms with Gasteiger partial charge in [-0.2, -0.15) is 0 Å². The van der Waals surface area contributed by atoms with Crippen LogP contribution >= 0.6 is 0 Å². The number of halogens is 1. The summed E-state index contributed by atoms with van der Waals surface area (Å²) in [6.45, 7) is 0.0346. The van der Waals surface area contributed by atoms with Gasteiger partial charge in [-0.25, -0.2) is 4.39 Å². The molecule has 0 aliphatic rings. The summed E-state index contributed by atoms with van der Waals surface area (Å²) < 4.78 is 13.0. The van der Waals surface area contributed by atoms with Gasteiger partial charge in [0.25, 0.3) is 0 Å². The van der Waals surface area contributed by atoms with E-state index in [1.54, 1.807) is 12.1 Å². The highest BCUT2D eigenvalue weighted by Gasteiger charge is 2.22. The van der Waals surface area contributed by atoms with E-state index in [0.717, 1.165) is 11.1 Å². The monoisotopic (exact) mass is 259 g/mol. The van der Waals surface area contributed by atoms with Crippen LogP contribution in [0.3, 0.4) is 0 Å². The molecule has 0 fully saturated rings. The molecular weight excluding hydrogens is 241 g/mol. The second-order valence-electron chi connectivity index (χ2n) is 4.52. The van der Waals surface area contributed by atoms with Crippen LogP contribution in [0.1, 0.15) is 23.1 Å². The van der Waals surface area contributed by atoms with Crippen LogP contribution in [0.5, 0.6) is 0 Å². The summed E-state index contributed by atoms with van der Waals surface area (Å²) in [6, 6.07) is 16.2. The fraction of sp³-hybridized carbons (Fsp3) is 0.250. The molecule has 0 spiro atoms. The first-order valence-corrected chi connectivity index (χ1v) is 6.34. The molecule has 2 aromatic carbocycles. The topological polar surface area (TPSA) is 32.3 Å². The van der Waals surface area contributed by atoms with Crippen molar-refractivity contribution in [2.45, 2.75) is 12.0 Å². The van der Waals surface area contributed by atoms with Crippen LogP contribution in [0.15, 0.2) is 54.6 Å². The summed E-state index contributed by atoms with van der Waals surface area (Å²) in [5.41, 5.74) is 2.03. The smallest absolute Gasteiger partial charge is 0.123 e. The predicted octanol–water partition coefficient (Wildman–Crippen LogP) is 2.86. The first-order valence-electron chi connectivity index (χ1n) is 6.34. The lowest BCUT2D eigenvalue weighted by molar-refractivity contribution is 0.239. The van der Waals surface area contributed by atoms with Gasteiger partial charge >= 0.3 is 0 Å². The average molecular weight is 259 g/mol. The number of aliphatic hydroxyl groups is 1. The third-order valence-electron chi connectivity index (χ3n) is 3.37. The quantitative estimate of drug-likeness (QED) is 0.865. The molecule has 19 heavy (non-hydrogen) atoms. The first-order chi connectivity index (χ1) is 9.26. The van der Waals surface area contributed by atoms with E-state index in [1.165, 1.54) is 12.1 Å². The number of likely N-dealkylation sites (N-methyl/N-ethyl adjacent to an activating group) is 1. The van der Waals surface area contributed by atoms with Gasteiger partial charge in [-0.3, -0.25) is 0 Å². The highest BCUT2D eigenvalue weighted by molar-refractivity contribution is 5.28. The highest BCUT2D eigenvalue weighted by Crippen LogP contribution is 2.30. The van der Waals surface area contributed by atoms with Crippen LogP contribution in [0.2, 0.25) is 0 Å². The summed E-state index contributed by atoms with van der Waals surface area (Å²) in [5, 5.41) is 12.9. The number of aliphatic hydroxyl groups excluding tert-OH is 1. The van der Waals surface area contributed by atoms with E-state index >= 15 is 0 Å². The molecule has 0 aliphatic carbocycles. The van der Waals surface area contributed by atoms with E-state index in [0.29, 0.717) is 0 Å². The maximum absolute atomic E-state index is 13.0. The molecule has 3 heteroatoms. The second-order valence-corrected chi connectivity index (χ2v) is 4.52. The fourth-order valence-electron chi connectivity index (χ4n) is 2.37. The van der Waals surface area contributed by atoms with Gasteiger partial charge in [0, 0.05) is 12.0 Å². The highest BCUT2D eigenvalue weighted by atomic mass is 19.1. The van der Waals surface area contributed by atoms with Crippen LogP contribution in [0.4, 0.5) is 4.39 Å². The van der Waals surface area contributed by atoms with E-state index in [-0.39, 0.29) is 24.4 Å². The lowest BCUT2D eigenvalue weighted by Crippen LogP contribution is -2.26. The van der Waals surface area contributed by atoms with Gasteiger partial charge in [0.1, 0.15) is 5.82 Å². The third kappa shape index (κ3) is 3.19. The zero-order chi connectivity index (χ0) is 13.7. The molecule has 2 aromatic rings. The van der Waals surface area contributed by atoms with Crippen molar-refractivity contribution in [1.29, 1.82) is 0 Å². The number of hydrogen-bond acceptors (Lipinski definition) is 2. The Hall–Kier alpha value is -1.71. The molecule has 100 valence electrons. The minimum atomic E-state index is -0.251. The van der Waals surface area contributed by atoms with Crippen molar-refractivity contribution in [1.82, 2.24) is 5.32 Å². The Morgan fingerprint density at radius 1 is 1.00 bits per heavy atom. The maximum atomic E-state index is 13.0. The molecule has 0 saturated heterocycles. The van der Waals surface area contributed by atoms with Crippen molar-refractivity contribution < 1.29 is 9.50 Å². The molecule has 0 radical (unpaired) electrons. The van der Waals surface area contributed by atoms with Gasteiger partial charge < -0.3 is 10.4 Å². The molecule has 2 atom stereocenters. The standard InChI is InChI=1S/C16H18FNO/c1-18-16(13-7-9-14(17)10-8-13)15(11-19)12-5-3-2-4-6-12/h2-10,15-16,18-19H,11H2,1H3/t15-,16?/m0/s1. The second kappa shape index (κ2) is 6.45. The van der Waals surface area contributed by atoms with Crippen LogP contribution in [0, 0.1) is 5.82 Å². The summed E-state index contributed by atoms with van der Waals surface area (Å²) in [5.74, 6) is -0.310. The van der Waals surface area contributed by atoms with E-state index in [2.05, 4.69) is 5.32 Å². The lowest BCUT2D eigenvalue weighted by Gasteiger charge is -2.26. The largest absolute Gasteiger partial charge is 0.396 e. The normalized spacial score (nSPS) is 14.1. The molecule has 0 saturated carbocycles. The Bertz CT molecular complexity index is 498. The zero-order valence-corrected chi connectivity index (χ0v) is 10.9. The van der Waals surface area contributed by atoms with E-state index in [1.807, 2.05) is 37.4 Å². The number of rotatable bonds is 5. The predicted molar refractivity (Wildman–Crippen MR) is 74.5 cm³/mol. The average Bonchev–Trinajstić information content (AvgIpc) is 2.47. The molecule has 0 bridgehead atoms. The van der Waals surface area contributed by atoms with E-state index in [4.69, 9.17) is 0 Å². The minimum absolute atomic E-state index is 0.0346. The van der Waals surface area contributed by atoms with Crippen LogP contribution in [-0.4, -0.2) is 18.8 Å². The number of hydrogen-bond donors (Lipinski definition) is 2. The molecule has 0 amide bonds. The van der Waals surface area contributed by atoms with Crippen molar-refractivity contribution in [2.75, 3.05) is 13.7 Å². The molecular formula is C16H18FNO. The maximum Gasteiger partial charge on any atom is 0.123 e. The van der Waals surface area contributed by atoms with Gasteiger partial charge in [0.15, 0.2) is 0 Å². The Kier molecular flexibility index (Phi) is 4.66. The lowest BCUT2D eigenvalue weighted by atomic mass is 9.87. The molecule has 0 aliphatic heterocycles. The Morgan fingerprint density at radius 2 is 1.63 bits per heavy atom. The molecule has 2 N–H and O–H groups in total. The molecule has 0 heterocycles. The van der Waals surface area contributed by atoms with Crippen LogP contribution in [-0.2, 0) is 0 Å². The van der Waals surface area contributed by atoms with Gasteiger partial charge in [-0.05, 0) is 30.3 Å². The minimum Gasteiger partial charge on any atom is -0.396 e. The molecule has 1 unspecified atom stereocenters. The van der Waals surface area contributed by atoms with Gasteiger partial charge in [0.05, 0.1) is 6.61 Å². The van der Waals surface area contributed by atoms with Gasteiger partial charge in [0.2, 0.25) is 0 Å². The fourth-order valence-corrected chi connectivity index (χ4v) is 2.37. The number of benzene rings is 2.